The monoisotopic (exact) mass is 333 g/mol. The Kier molecular flexibility index (Phi) is 3.58. The lowest BCUT2D eigenvalue weighted by Crippen LogP contribution is -2.21. The van der Waals surface area contributed by atoms with Gasteiger partial charge in [0.15, 0.2) is 5.78 Å². The van der Waals surface area contributed by atoms with Crippen LogP contribution in [-0.4, -0.2) is 10.9 Å². The molecule has 1 aliphatic carbocycles. The number of nitrogens with zero attached hydrogens (tertiary/aromatic N) is 1. The fourth-order valence-corrected chi connectivity index (χ4v) is 3.43. The highest BCUT2D eigenvalue weighted by molar-refractivity contribution is 6.24. The van der Waals surface area contributed by atoms with E-state index in [-0.39, 0.29) is 22.4 Å². The van der Waals surface area contributed by atoms with Crippen LogP contribution in [0.1, 0.15) is 68.6 Å². The van der Waals surface area contributed by atoms with Crippen LogP contribution in [-0.2, 0) is 5.41 Å². The summed E-state index contributed by atoms with van der Waals surface area (Å²) in [5.41, 5.74) is 2.81. The number of rotatable bonds is 0. The van der Waals surface area contributed by atoms with Crippen LogP contribution in [0.25, 0.3) is 16.8 Å². The number of allylic oxidation sites excluding steroid dienone is 1. The maximum atomic E-state index is 13.1. The van der Waals surface area contributed by atoms with E-state index < -0.39 is 0 Å². The molecule has 0 amide bonds. The second kappa shape index (κ2) is 5.20. The molecule has 0 unspecified atom stereocenters. The van der Waals surface area contributed by atoms with Gasteiger partial charge in [-0.3, -0.25) is 4.79 Å². The van der Waals surface area contributed by atoms with Gasteiger partial charge in [-0.25, -0.2) is 0 Å². The molecular formula is C22H23NO2. The van der Waals surface area contributed by atoms with Crippen molar-refractivity contribution in [2.24, 2.45) is 5.41 Å². The lowest BCUT2D eigenvalue weighted by molar-refractivity contribution is 0.101. The van der Waals surface area contributed by atoms with Gasteiger partial charge in [0.05, 0.1) is 11.6 Å². The number of hydrogen-bond acceptors (Lipinski definition) is 3. The lowest BCUT2D eigenvalue weighted by atomic mass is 9.74. The number of aromatic hydroxyl groups is 1. The number of phenolic OH excluding ortho intramolecular Hbond substituents is 1. The van der Waals surface area contributed by atoms with E-state index >= 15 is 0 Å². The van der Waals surface area contributed by atoms with Crippen molar-refractivity contribution in [3.63, 3.8) is 0 Å². The number of Topliss-reactive ketones (excluding diaryl/α,β-unsaturated/α-hetero) is 1. The minimum Gasteiger partial charge on any atom is -0.507 e. The molecule has 0 bridgehead atoms. The Morgan fingerprint density at radius 3 is 2.16 bits per heavy atom. The average Bonchev–Trinajstić information content (AvgIpc) is 2.50. The Hall–Kier alpha value is -2.60. The third kappa shape index (κ3) is 2.62. The van der Waals surface area contributed by atoms with E-state index in [1.807, 2.05) is 53.7 Å². The van der Waals surface area contributed by atoms with Crippen molar-refractivity contribution < 1.29 is 9.90 Å². The molecule has 0 spiro atoms. The summed E-state index contributed by atoms with van der Waals surface area (Å²) in [4.78, 5) is 13.1. The van der Waals surface area contributed by atoms with E-state index in [4.69, 9.17) is 0 Å². The highest BCUT2D eigenvalue weighted by Gasteiger charge is 2.32. The van der Waals surface area contributed by atoms with Crippen LogP contribution in [0.5, 0.6) is 5.75 Å². The Morgan fingerprint density at radius 1 is 1.00 bits per heavy atom. The first-order chi connectivity index (χ1) is 11.4. The van der Waals surface area contributed by atoms with E-state index in [0.717, 1.165) is 22.1 Å². The number of carbonyl (C=O) groups excluding carboxylic acids is 1. The van der Waals surface area contributed by atoms with Crippen molar-refractivity contribution in [1.29, 1.82) is 5.26 Å². The first-order valence-electron chi connectivity index (χ1n) is 8.46. The SMILES string of the molecule is CC(C)(C)C1=Cc2cc(C(C)(C)C)c(O)c3cc(C#N)cc(c23)C1=O. The second-order valence-electron chi connectivity index (χ2n) is 8.81. The molecule has 3 nitrogen and oxygen atoms in total. The zero-order valence-corrected chi connectivity index (χ0v) is 15.6. The van der Waals surface area contributed by atoms with Gasteiger partial charge in [0.25, 0.3) is 0 Å². The summed E-state index contributed by atoms with van der Waals surface area (Å²) >= 11 is 0. The van der Waals surface area contributed by atoms with Gasteiger partial charge < -0.3 is 5.11 Å². The smallest absolute Gasteiger partial charge is 0.190 e. The fourth-order valence-electron chi connectivity index (χ4n) is 3.43. The van der Waals surface area contributed by atoms with Crippen molar-refractivity contribution in [1.82, 2.24) is 0 Å². The predicted molar refractivity (Wildman–Crippen MR) is 101 cm³/mol. The Bertz CT molecular complexity index is 990. The molecule has 1 N–H and O–H groups in total. The molecule has 3 heteroatoms. The Balaban J connectivity index is 2.52. The molecule has 0 saturated heterocycles. The largest absolute Gasteiger partial charge is 0.507 e. The summed E-state index contributed by atoms with van der Waals surface area (Å²) < 4.78 is 0. The van der Waals surface area contributed by atoms with Crippen LogP contribution in [0.15, 0.2) is 23.8 Å². The van der Waals surface area contributed by atoms with Gasteiger partial charge in [0, 0.05) is 27.5 Å². The molecule has 1 aliphatic rings. The Morgan fingerprint density at radius 2 is 1.64 bits per heavy atom. The molecule has 128 valence electrons. The lowest BCUT2D eigenvalue weighted by Gasteiger charge is -2.29. The van der Waals surface area contributed by atoms with Crippen LogP contribution in [0.3, 0.4) is 0 Å². The quantitative estimate of drug-likeness (QED) is 0.708. The van der Waals surface area contributed by atoms with E-state index in [9.17, 15) is 15.2 Å². The molecule has 3 rings (SSSR count). The van der Waals surface area contributed by atoms with Gasteiger partial charge in [-0.15, -0.1) is 0 Å². The van der Waals surface area contributed by atoms with Crippen LogP contribution < -0.4 is 0 Å². The molecule has 25 heavy (non-hydrogen) atoms. The van der Waals surface area contributed by atoms with Crippen molar-refractivity contribution in [3.05, 3.63) is 46.0 Å². The molecule has 0 atom stereocenters. The van der Waals surface area contributed by atoms with Gasteiger partial charge >= 0.3 is 0 Å². The van der Waals surface area contributed by atoms with Crippen molar-refractivity contribution in [3.8, 4) is 11.8 Å². The number of benzene rings is 2. The van der Waals surface area contributed by atoms with E-state index in [1.54, 1.807) is 12.1 Å². The first-order valence-corrected chi connectivity index (χ1v) is 8.46. The van der Waals surface area contributed by atoms with E-state index in [1.165, 1.54) is 0 Å². The number of nitriles is 1. The van der Waals surface area contributed by atoms with Gasteiger partial charge in [0.2, 0.25) is 0 Å². The molecular weight excluding hydrogens is 310 g/mol. The molecule has 0 fully saturated rings. The summed E-state index contributed by atoms with van der Waals surface area (Å²) in [6.07, 6.45) is 1.94. The summed E-state index contributed by atoms with van der Waals surface area (Å²) in [5, 5.41) is 21.5. The normalized spacial score (nSPS) is 14.4. The van der Waals surface area contributed by atoms with Gasteiger partial charge in [-0.2, -0.15) is 5.26 Å². The first kappa shape index (κ1) is 17.2. The molecule has 0 aliphatic heterocycles. The number of phenols is 1. The number of hydrogen-bond donors (Lipinski definition) is 1. The topological polar surface area (TPSA) is 61.1 Å². The molecule has 0 heterocycles. The minimum absolute atomic E-state index is 0.0648. The Labute approximate surface area is 148 Å². The van der Waals surface area contributed by atoms with Gasteiger partial charge in [0.1, 0.15) is 5.75 Å². The summed E-state index contributed by atoms with van der Waals surface area (Å²) in [7, 11) is 0. The van der Waals surface area contributed by atoms with E-state index in [0.29, 0.717) is 16.5 Å². The predicted octanol–water partition coefficient (Wildman–Crippen LogP) is 5.34. The van der Waals surface area contributed by atoms with Crippen LogP contribution in [0.2, 0.25) is 0 Å². The molecule has 0 aromatic heterocycles. The summed E-state index contributed by atoms with van der Waals surface area (Å²) in [6.45, 7) is 12.2. The standard InChI is InChI=1S/C22H23NO2/c1-21(2,3)16-9-13-10-17(22(4,5)6)20(25)15-8-12(11-23)7-14(18(13)15)19(16)24/h7-10,24H,1-6H3. The zero-order chi connectivity index (χ0) is 18.7. The third-order valence-corrected chi connectivity index (χ3v) is 4.77. The number of carbonyl (C=O) groups is 1. The highest BCUT2D eigenvalue weighted by atomic mass is 16.3. The highest BCUT2D eigenvalue weighted by Crippen LogP contribution is 2.45. The fraction of sp³-hybridized carbons (Fsp3) is 0.364. The van der Waals surface area contributed by atoms with Gasteiger partial charge in [-0.1, -0.05) is 41.5 Å². The van der Waals surface area contributed by atoms with Crippen molar-refractivity contribution in [2.75, 3.05) is 0 Å². The second-order valence-corrected chi connectivity index (χ2v) is 8.81. The summed E-state index contributed by atoms with van der Waals surface area (Å²) in [5.74, 6) is 0.0926. The van der Waals surface area contributed by atoms with E-state index in [2.05, 4.69) is 6.07 Å². The van der Waals surface area contributed by atoms with Crippen LogP contribution >= 0.6 is 0 Å². The van der Waals surface area contributed by atoms with Crippen LogP contribution in [0.4, 0.5) is 0 Å². The van der Waals surface area contributed by atoms with Crippen molar-refractivity contribution in [2.45, 2.75) is 47.0 Å². The molecule has 0 radical (unpaired) electrons. The molecule has 0 saturated carbocycles. The van der Waals surface area contributed by atoms with Gasteiger partial charge in [-0.05, 0) is 40.7 Å². The molecule has 2 aromatic rings. The average molecular weight is 333 g/mol. The van der Waals surface area contributed by atoms with Crippen LogP contribution in [0, 0.1) is 16.7 Å². The maximum absolute atomic E-state index is 13.1. The molecule has 2 aromatic carbocycles. The third-order valence-electron chi connectivity index (χ3n) is 4.77. The number of ketones is 1. The maximum Gasteiger partial charge on any atom is 0.190 e. The zero-order valence-electron chi connectivity index (χ0n) is 15.6. The summed E-state index contributed by atoms with van der Waals surface area (Å²) in [6, 6.07) is 7.41. The van der Waals surface area contributed by atoms with Crippen molar-refractivity contribution >= 4 is 22.6 Å². The minimum atomic E-state index is -0.302.